The largest absolute Gasteiger partial charge is 0.346 e. The first-order valence-electron chi connectivity index (χ1n) is 5.09. The van der Waals surface area contributed by atoms with Crippen molar-refractivity contribution in [2.45, 2.75) is 26.3 Å². The number of hydrogen-bond acceptors (Lipinski definition) is 6. The Labute approximate surface area is 102 Å². The van der Waals surface area contributed by atoms with Crippen molar-refractivity contribution in [2.75, 3.05) is 0 Å². The Morgan fingerprint density at radius 3 is 3.06 bits per heavy atom. The fourth-order valence-corrected chi connectivity index (χ4v) is 1.98. The molecule has 2 aromatic rings. The molecule has 17 heavy (non-hydrogen) atoms. The number of H-pyrrole nitrogens is 1. The van der Waals surface area contributed by atoms with Crippen LogP contribution in [0.3, 0.4) is 0 Å². The molecule has 0 aliphatic carbocycles. The molecule has 1 atom stereocenters. The summed E-state index contributed by atoms with van der Waals surface area (Å²) in [6, 6.07) is -0.263. The number of nitrogens with one attached hydrogen (secondary N) is 2. The molecule has 0 fully saturated rings. The molecule has 1 unspecified atom stereocenters. The van der Waals surface area contributed by atoms with Crippen LogP contribution >= 0.6 is 11.3 Å². The first-order chi connectivity index (χ1) is 8.15. The van der Waals surface area contributed by atoms with E-state index in [1.807, 2.05) is 12.3 Å². The maximum absolute atomic E-state index is 11.7. The van der Waals surface area contributed by atoms with Gasteiger partial charge >= 0.3 is 0 Å². The number of aromatic nitrogens is 5. The lowest BCUT2D eigenvalue weighted by atomic mass is 10.2. The van der Waals surface area contributed by atoms with Crippen LogP contribution in [0.25, 0.3) is 0 Å². The van der Waals surface area contributed by atoms with Crippen LogP contribution in [0.5, 0.6) is 0 Å². The van der Waals surface area contributed by atoms with E-state index in [1.54, 1.807) is 6.92 Å². The van der Waals surface area contributed by atoms with Crippen molar-refractivity contribution in [3.05, 3.63) is 21.9 Å². The third-order valence-corrected chi connectivity index (χ3v) is 2.96. The molecule has 0 aliphatic rings. The maximum Gasteiger partial charge on any atom is 0.226 e. The molecule has 90 valence electrons. The van der Waals surface area contributed by atoms with E-state index in [1.165, 1.54) is 11.3 Å². The number of nitrogens with zero attached hydrogens (tertiary/aromatic N) is 4. The summed E-state index contributed by atoms with van der Waals surface area (Å²) in [7, 11) is 0. The summed E-state index contributed by atoms with van der Waals surface area (Å²) in [6.45, 7) is 3.71. The van der Waals surface area contributed by atoms with Gasteiger partial charge in [0.05, 0.1) is 23.2 Å². The van der Waals surface area contributed by atoms with E-state index in [4.69, 9.17) is 0 Å². The molecule has 2 heterocycles. The second-order valence-corrected chi connectivity index (χ2v) is 4.66. The van der Waals surface area contributed by atoms with Crippen LogP contribution in [-0.4, -0.2) is 31.5 Å². The molecule has 0 saturated heterocycles. The molecule has 0 saturated carbocycles. The number of carbonyl (C=O) groups excluding carboxylic acids is 1. The van der Waals surface area contributed by atoms with Crippen LogP contribution in [0.15, 0.2) is 5.38 Å². The molecule has 2 N–H and O–H groups in total. The fourth-order valence-electron chi connectivity index (χ4n) is 1.36. The monoisotopic (exact) mass is 252 g/mol. The normalized spacial score (nSPS) is 12.4. The van der Waals surface area contributed by atoms with Gasteiger partial charge in [0.15, 0.2) is 5.82 Å². The van der Waals surface area contributed by atoms with E-state index in [0.29, 0.717) is 5.82 Å². The second kappa shape index (κ2) is 5.00. The first kappa shape index (κ1) is 11.6. The van der Waals surface area contributed by atoms with Crippen molar-refractivity contribution in [1.82, 2.24) is 30.9 Å². The fraction of sp³-hybridized carbons (Fsp3) is 0.444. The number of rotatable bonds is 4. The Morgan fingerprint density at radius 1 is 1.65 bits per heavy atom. The number of tetrazole rings is 1. The summed E-state index contributed by atoms with van der Waals surface area (Å²) in [5.74, 6) is 0.361. The lowest BCUT2D eigenvalue weighted by molar-refractivity contribution is -0.121. The molecule has 0 radical (unpaired) electrons. The molecule has 0 aliphatic heterocycles. The molecule has 2 aromatic heterocycles. The van der Waals surface area contributed by atoms with Gasteiger partial charge in [0.1, 0.15) is 0 Å². The minimum absolute atomic E-state index is 0.104. The van der Waals surface area contributed by atoms with Gasteiger partial charge in [0, 0.05) is 5.38 Å². The van der Waals surface area contributed by atoms with Crippen LogP contribution in [0.4, 0.5) is 0 Å². The number of thiazole rings is 1. The number of aromatic amines is 1. The SMILES string of the molecule is Cc1nc(CC(=O)NC(C)c2nn[nH]n2)cs1. The average Bonchev–Trinajstić information content (AvgIpc) is 2.89. The molecule has 0 aromatic carbocycles. The van der Waals surface area contributed by atoms with E-state index in [2.05, 4.69) is 30.9 Å². The highest BCUT2D eigenvalue weighted by Gasteiger charge is 2.14. The first-order valence-corrected chi connectivity index (χ1v) is 5.97. The molecular weight excluding hydrogens is 240 g/mol. The van der Waals surface area contributed by atoms with Gasteiger partial charge in [-0.05, 0) is 13.8 Å². The molecule has 2 rings (SSSR count). The summed E-state index contributed by atoms with van der Waals surface area (Å²) in [5.41, 5.74) is 0.783. The van der Waals surface area contributed by atoms with Gasteiger partial charge in [0.2, 0.25) is 5.91 Å². The van der Waals surface area contributed by atoms with Crippen LogP contribution in [0, 0.1) is 6.92 Å². The zero-order chi connectivity index (χ0) is 12.3. The van der Waals surface area contributed by atoms with Gasteiger partial charge in [-0.1, -0.05) is 5.21 Å². The highest BCUT2D eigenvalue weighted by molar-refractivity contribution is 7.09. The van der Waals surface area contributed by atoms with Gasteiger partial charge in [-0.15, -0.1) is 21.5 Å². The summed E-state index contributed by atoms with van der Waals surface area (Å²) < 4.78 is 0. The Hall–Kier alpha value is -1.83. The average molecular weight is 252 g/mol. The lowest BCUT2D eigenvalue weighted by Crippen LogP contribution is -2.28. The van der Waals surface area contributed by atoms with Crippen molar-refractivity contribution in [3.63, 3.8) is 0 Å². The molecule has 0 spiro atoms. The zero-order valence-corrected chi connectivity index (χ0v) is 10.3. The van der Waals surface area contributed by atoms with Crippen LogP contribution in [0.2, 0.25) is 0 Å². The van der Waals surface area contributed by atoms with Gasteiger partial charge in [-0.25, -0.2) is 4.98 Å². The number of hydrogen-bond donors (Lipinski definition) is 2. The minimum atomic E-state index is -0.263. The Bertz CT molecular complexity index is 493. The van der Waals surface area contributed by atoms with Crippen LogP contribution in [0.1, 0.15) is 29.5 Å². The smallest absolute Gasteiger partial charge is 0.226 e. The molecule has 7 nitrogen and oxygen atoms in total. The van der Waals surface area contributed by atoms with Gasteiger partial charge in [-0.3, -0.25) is 4.79 Å². The van der Waals surface area contributed by atoms with Crippen LogP contribution in [-0.2, 0) is 11.2 Å². The zero-order valence-electron chi connectivity index (χ0n) is 9.47. The quantitative estimate of drug-likeness (QED) is 0.820. The maximum atomic E-state index is 11.7. The van der Waals surface area contributed by atoms with Crippen LogP contribution < -0.4 is 5.32 Å². The summed E-state index contributed by atoms with van der Waals surface area (Å²) in [6.07, 6.45) is 0.270. The van der Waals surface area contributed by atoms with E-state index in [-0.39, 0.29) is 18.4 Å². The summed E-state index contributed by atoms with van der Waals surface area (Å²) >= 11 is 1.53. The van der Waals surface area contributed by atoms with E-state index in [9.17, 15) is 4.79 Å². The lowest BCUT2D eigenvalue weighted by Gasteiger charge is -2.08. The predicted octanol–water partition coefficient (Wildman–Crippen LogP) is 0.385. The number of carbonyl (C=O) groups is 1. The molecule has 0 bridgehead atoms. The van der Waals surface area contributed by atoms with Gasteiger partial charge in [-0.2, -0.15) is 5.21 Å². The van der Waals surface area contributed by atoms with E-state index < -0.39 is 0 Å². The molecule has 1 amide bonds. The van der Waals surface area contributed by atoms with Crippen molar-refractivity contribution in [3.8, 4) is 0 Å². The minimum Gasteiger partial charge on any atom is -0.346 e. The summed E-state index contributed by atoms with van der Waals surface area (Å²) in [4.78, 5) is 15.9. The summed E-state index contributed by atoms with van der Waals surface area (Å²) in [5, 5.41) is 19.0. The molecule has 8 heteroatoms. The van der Waals surface area contributed by atoms with Crippen molar-refractivity contribution in [2.24, 2.45) is 0 Å². The van der Waals surface area contributed by atoms with Crippen molar-refractivity contribution >= 4 is 17.2 Å². The Balaban J connectivity index is 1.89. The highest BCUT2D eigenvalue weighted by Crippen LogP contribution is 2.09. The number of aryl methyl sites for hydroxylation is 1. The van der Waals surface area contributed by atoms with E-state index in [0.717, 1.165) is 10.7 Å². The van der Waals surface area contributed by atoms with Gasteiger partial charge < -0.3 is 5.32 Å². The van der Waals surface area contributed by atoms with Gasteiger partial charge in [0.25, 0.3) is 0 Å². The topological polar surface area (TPSA) is 96.5 Å². The van der Waals surface area contributed by atoms with Crippen molar-refractivity contribution in [1.29, 1.82) is 0 Å². The third-order valence-electron chi connectivity index (χ3n) is 2.13. The Kier molecular flexibility index (Phi) is 3.43. The highest BCUT2D eigenvalue weighted by atomic mass is 32.1. The number of amides is 1. The third kappa shape index (κ3) is 3.06. The standard InChI is InChI=1S/C9H12N6OS/c1-5(9-12-14-15-13-9)10-8(16)3-7-4-17-6(2)11-7/h4-5H,3H2,1-2H3,(H,10,16)(H,12,13,14,15). The van der Waals surface area contributed by atoms with E-state index >= 15 is 0 Å². The molecular formula is C9H12N6OS. The van der Waals surface area contributed by atoms with Crippen molar-refractivity contribution < 1.29 is 4.79 Å². The Morgan fingerprint density at radius 2 is 2.47 bits per heavy atom. The predicted molar refractivity (Wildman–Crippen MR) is 61.3 cm³/mol. The second-order valence-electron chi connectivity index (χ2n) is 3.59.